The molecule has 0 aliphatic heterocycles. The number of aliphatic hydroxyl groups is 1. The Balaban J connectivity index is 2.73. The fraction of sp³-hybridized carbons (Fsp3) is 0.643. The zero-order valence-electron chi connectivity index (χ0n) is 11.9. The molecule has 0 saturated carbocycles. The lowest BCUT2D eigenvalue weighted by Crippen LogP contribution is -2.42. The Kier molecular flexibility index (Phi) is 6.07. The van der Waals surface area contributed by atoms with E-state index in [1.54, 1.807) is 0 Å². The van der Waals surface area contributed by atoms with Crippen LogP contribution in [0.25, 0.3) is 0 Å². The van der Waals surface area contributed by atoms with Gasteiger partial charge in [-0.3, -0.25) is 4.79 Å². The molecule has 2 N–H and O–H groups in total. The minimum absolute atomic E-state index is 0.139. The van der Waals surface area contributed by atoms with Crippen LogP contribution in [0.3, 0.4) is 0 Å². The number of carbonyl (C=O) groups excluding carboxylic acids is 1. The van der Waals surface area contributed by atoms with Gasteiger partial charge in [-0.25, -0.2) is 0 Å². The average molecular weight is 331 g/mol. The number of aryl methyl sites for hydroxylation is 1. The van der Waals surface area contributed by atoms with Crippen molar-refractivity contribution in [3.63, 3.8) is 0 Å². The molecule has 0 aromatic carbocycles. The number of nitrogens with one attached hydrogen (secondary N) is 1. The van der Waals surface area contributed by atoms with Gasteiger partial charge in [-0.15, -0.1) is 0 Å². The van der Waals surface area contributed by atoms with E-state index >= 15 is 0 Å². The quantitative estimate of drug-likeness (QED) is 0.807. The Hall–Kier alpha value is -0.810. The van der Waals surface area contributed by atoms with E-state index < -0.39 is 5.60 Å². The first kappa shape index (κ1) is 16.2. The Morgan fingerprint density at radius 1 is 1.42 bits per heavy atom. The van der Waals surface area contributed by atoms with Gasteiger partial charge in [0.2, 0.25) is 0 Å². The third kappa shape index (κ3) is 4.35. The summed E-state index contributed by atoms with van der Waals surface area (Å²) in [6.07, 6.45) is 4.13. The number of hydrogen-bond acceptors (Lipinski definition) is 2. The minimum Gasteiger partial charge on any atom is -0.388 e. The normalized spacial score (nSPS) is 11.6. The average Bonchev–Trinajstić information content (AvgIpc) is 2.77. The summed E-state index contributed by atoms with van der Waals surface area (Å²) in [5, 5.41) is 13.0. The first-order chi connectivity index (χ1) is 8.95. The molecule has 4 nitrogen and oxygen atoms in total. The number of hydrogen-bond donors (Lipinski definition) is 2. The highest BCUT2D eigenvalue weighted by atomic mass is 79.9. The van der Waals surface area contributed by atoms with Crippen LogP contribution in [0, 0.1) is 0 Å². The summed E-state index contributed by atoms with van der Waals surface area (Å²) >= 11 is 3.39. The second-order valence-electron chi connectivity index (χ2n) is 4.85. The summed E-state index contributed by atoms with van der Waals surface area (Å²) in [4.78, 5) is 12.2. The van der Waals surface area contributed by atoms with Gasteiger partial charge in [0.1, 0.15) is 5.69 Å². The Morgan fingerprint density at radius 2 is 2.05 bits per heavy atom. The summed E-state index contributed by atoms with van der Waals surface area (Å²) in [6.45, 7) is 7.01. The van der Waals surface area contributed by atoms with Crippen molar-refractivity contribution in [1.82, 2.24) is 9.88 Å². The predicted molar refractivity (Wildman–Crippen MR) is 80.3 cm³/mol. The number of rotatable bonds is 7. The molecule has 0 aliphatic carbocycles. The molecule has 1 aromatic rings. The summed E-state index contributed by atoms with van der Waals surface area (Å²) in [7, 11) is 0. The zero-order chi connectivity index (χ0) is 14.5. The minimum atomic E-state index is -0.810. The predicted octanol–water partition coefficient (Wildman–Crippen LogP) is 2.94. The SMILES string of the molecule is CCCn1cc(Br)cc1C(=O)NCC(O)(CC)CC. The summed E-state index contributed by atoms with van der Waals surface area (Å²) in [6, 6.07) is 1.81. The van der Waals surface area contributed by atoms with Crippen LogP contribution in [0.4, 0.5) is 0 Å². The fourth-order valence-corrected chi connectivity index (χ4v) is 2.39. The van der Waals surface area contributed by atoms with Crippen molar-refractivity contribution in [2.24, 2.45) is 0 Å². The van der Waals surface area contributed by atoms with Gasteiger partial charge in [0.15, 0.2) is 0 Å². The zero-order valence-corrected chi connectivity index (χ0v) is 13.5. The van der Waals surface area contributed by atoms with Crippen LogP contribution in [0.15, 0.2) is 16.7 Å². The van der Waals surface area contributed by atoms with Crippen LogP contribution in [-0.4, -0.2) is 27.7 Å². The maximum atomic E-state index is 12.2. The van der Waals surface area contributed by atoms with Crippen molar-refractivity contribution in [2.45, 2.75) is 52.2 Å². The highest BCUT2D eigenvalue weighted by Crippen LogP contribution is 2.17. The van der Waals surface area contributed by atoms with Gasteiger partial charge >= 0.3 is 0 Å². The summed E-state index contributed by atoms with van der Waals surface area (Å²) < 4.78 is 2.82. The van der Waals surface area contributed by atoms with Gasteiger partial charge in [0.25, 0.3) is 5.91 Å². The van der Waals surface area contributed by atoms with Crippen molar-refractivity contribution in [1.29, 1.82) is 0 Å². The molecule has 0 saturated heterocycles. The molecular weight excluding hydrogens is 308 g/mol. The molecule has 0 spiro atoms. The second kappa shape index (κ2) is 7.10. The van der Waals surface area contributed by atoms with Gasteiger partial charge in [-0.05, 0) is 41.3 Å². The van der Waals surface area contributed by atoms with E-state index in [-0.39, 0.29) is 12.5 Å². The molecule has 1 heterocycles. The largest absolute Gasteiger partial charge is 0.388 e. The highest BCUT2D eigenvalue weighted by molar-refractivity contribution is 9.10. The molecule has 5 heteroatoms. The van der Waals surface area contributed by atoms with E-state index in [1.807, 2.05) is 30.7 Å². The molecule has 0 bridgehead atoms. The molecule has 0 unspecified atom stereocenters. The molecule has 0 atom stereocenters. The van der Waals surface area contributed by atoms with Gasteiger partial charge < -0.3 is 15.0 Å². The monoisotopic (exact) mass is 330 g/mol. The Bertz CT molecular complexity index is 425. The van der Waals surface area contributed by atoms with E-state index in [1.165, 1.54) is 0 Å². The third-order valence-electron chi connectivity index (χ3n) is 3.45. The van der Waals surface area contributed by atoms with Crippen molar-refractivity contribution in [2.75, 3.05) is 6.54 Å². The third-order valence-corrected chi connectivity index (χ3v) is 3.89. The molecular formula is C14H23BrN2O2. The van der Waals surface area contributed by atoms with Crippen LogP contribution < -0.4 is 5.32 Å². The number of halogens is 1. The topological polar surface area (TPSA) is 54.3 Å². The van der Waals surface area contributed by atoms with Crippen LogP contribution in [0.2, 0.25) is 0 Å². The first-order valence-corrected chi connectivity index (χ1v) is 7.61. The van der Waals surface area contributed by atoms with E-state index in [9.17, 15) is 9.90 Å². The van der Waals surface area contributed by atoms with E-state index in [0.717, 1.165) is 17.4 Å². The van der Waals surface area contributed by atoms with Gasteiger partial charge in [-0.2, -0.15) is 0 Å². The molecule has 19 heavy (non-hydrogen) atoms. The summed E-state index contributed by atoms with van der Waals surface area (Å²) in [5.74, 6) is -0.139. The Morgan fingerprint density at radius 3 is 2.58 bits per heavy atom. The van der Waals surface area contributed by atoms with Crippen molar-refractivity contribution in [3.8, 4) is 0 Å². The first-order valence-electron chi connectivity index (χ1n) is 6.82. The molecule has 1 amide bonds. The van der Waals surface area contributed by atoms with Gasteiger partial charge in [-0.1, -0.05) is 20.8 Å². The number of amides is 1. The Labute approximate surface area is 123 Å². The second-order valence-corrected chi connectivity index (χ2v) is 5.77. The molecule has 1 rings (SSSR count). The van der Waals surface area contributed by atoms with E-state index in [0.29, 0.717) is 18.5 Å². The van der Waals surface area contributed by atoms with Gasteiger partial charge in [0.05, 0.1) is 5.60 Å². The fourth-order valence-electron chi connectivity index (χ4n) is 1.93. The lowest BCUT2D eigenvalue weighted by molar-refractivity contribution is 0.0312. The molecule has 0 fully saturated rings. The standard InChI is InChI=1S/C14H23BrN2O2/c1-4-7-17-9-11(15)8-12(17)13(18)16-10-14(19,5-2)6-3/h8-9,19H,4-7,10H2,1-3H3,(H,16,18). The van der Waals surface area contributed by atoms with Crippen LogP contribution in [-0.2, 0) is 6.54 Å². The van der Waals surface area contributed by atoms with Crippen LogP contribution in [0.5, 0.6) is 0 Å². The lowest BCUT2D eigenvalue weighted by atomic mass is 9.97. The summed E-state index contributed by atoms with van der Waals surface area (Å²) in [5.41, 5.74) is -0.182. The van der Waals surface area contributed by atoms with E-state index in [2.05, 4.69) is 28.2 Å². The number of aromatic nitrogens is 1. The van der Waals surface area contributed by atoms with Crippen LogP contribution in [0.1, 0.15) is 50.5 Å². The number of carbonyl (C=O) groups is 1. The van der Waals surface area contributed by atoms with E-state index in [4.69, 9.17) is 0 Å². The van der Waals surface area contributed by atoms with Crippen molar-refractivity contribution >= 4 is 21.8 Å². The molecule has 108 valence electrons. The van der Waals surface area contributed by atoms with Crippen LogP contribution >= 0.6 is 15.9 Å². The molecule has 0 aliphatic rings. The maximum Gasteiger partial charge on any atom is 0.268 e. The molecule has 0 radical (unpaired) electrons. The smallest absolute Gasteiger partial charge is 0.268 e. The number of nitrogens with zero attached hydrogens (tertiary/aromatic N) is 1. The van der Waals surface area contributed by atoms with Crippen molar-refractivity contribution in [3.05, 3.63) is 22.4 Å². The maximum absolute atomic E-state index is 12.2. The van der Waals surface area contributed by atoms with Crippen molar-refractivity contribution < 1.29 is 9.90 Å². The lowest BCUT2D eigenvalue weighted by Gasteiger charge is -2.25. The van der Waals surface area contributed by atoms with Gasteiger partial charge in [0, 0.05) is 23.8 Å². The molecule has 1 aromatic heterocycles. The highest BCUT2D eigenvalue weighted by Gasteiger charge is 2.23.